The molecule has 2 N–H and O–H groups in total. The van der Waals surface area contributed by atoms with Gasteiger partial charge >= 0.3 is 0 Å². The van der Waals surface area contributed by atoms with E-state index in [0.717, 1.165) is 25.1 Å². The first-order valence-corrected chi connectivity index (χ1v) is 6.55. The predicted molar refractivity (Wildman–Crippen MR) is 74.3 cm³/mol. The van der Waals surface area contributed by atoms with Gasteiger partial charge in [0.15, 0.2) is 11.5 Å². The van der Waals surface area contributed by atoms with Gasteiger partial charge in [0.2, 0.25) is 0 Å². The molecule has 0 aliphatic carbocycles. The van der Waals surface area contributed by atoms with Gasteiger partial charge < -0.3 is 15.2 Å². The van der Waals surface area contributed by atoms with E-state index < -0.39 is 0 Å². The summed E-state index contributed by atoms with van der Waals surface area (Å²) in [5.74, 6) is 0.709. The molecule has 1 aliphatic heterocycles. The topological polar surface area (TPSA) is 41.5 Å². The van der Waals surface area contributed by atoms with E-state index in [1.54, 1.807) is 18.2 Å². The molecule has 1 heterocycles. The van der Waals surface area contributed by atoms with Crippen molar-refractivity contribution in [2.75, 3.05) is 6.54 Å². The van der Waals surface area contributed by atoms with E-state index in [2.05, 4.69) is 23.5 Å². The molecule has 1 aliphatic rings. The van der Waals surface area contributed by atoms with Crippen molar-refractivity contribution < 1.29 is 9.84 Å². The van der Waals surface area contributed by atoms with Crippen molar-refractivity contribution in [3.05, 3.63) is 59.2 Å². The fourth-order valence-electron chi connectivity index (χ4n) is 2.36. The molecule has 3 rings (SSSR count). The lowest BCUT2D eigenvalue weighted by Gasteiger charge is -2.18. The van der Waals surface area contributed by atoms with E-state index in [1.807, 2.05) is 6.07 Å². The van der Waals surface area contributed by atoms with Gasteiger partial charge in [0.25, 0.3) is 0 Å². The number of para-hydroxylation sites is 2. The third kappa shape index (κ3) is 2.71. The van der Waals surface area contributed by atoms with Gasteiger partial charge in [0, 0.05) is 6.54 Å². The summed E-state index contributed by atoms with van der Waals surface area (Å²) in [4.78, 5) is 0. The molecule has 0 saturated carbocycles. The lowest BCUT2D eigenvalue weighted by molar-refractivity contribution is 0.289. The van der Waals surface area contributed by atoms with Gasteiger partial charge in [-0.25, -0.2) is 0 Å². The highest BCUT2D eigenvalue weighted by Gasteiger charge is 2.09. The fourth-order valence-corrected chi connectivity index (χ4v) is 2.36. The molecule has 0 fully saturated rings. The molecular weight excluding hydrogens is 238 g/mol. The lowest BCUT2D eigenvalue weighted by atomic mass is 9.99. The first-order valence-electron chi connectivity index (χ1n) is 6.55. The Balaban J connectivity index is 1.72. The highest BCUT2D eigenvalue weighted by atomic mass is 16.5. The number of phenols is 1. The summed E-state index contributed by atoms with van der Waals surface area (Å²) in [6, 6.07) is 13.5. The van der Waals surface area contributed by atoms with E-state index in [1.165, 1.54) is 11.1 Å². The Morgan fingerprint density at radius 3 is 2.89 bits per heavy atom. The minimum Gasteiger partial charge on any atom is -0.504 e. The molecule has 98 valence electrons. The summed E-state index contributed by atoms with van der Waals surface area (Å²) in [6.45, 7) is 2.46. The van der Waals surface area contributed by atoms with Crippen LogP contribution in [0.3, 0.4) is 0 Å². The fraction of sp³-hybridized carbons (Fsp3) is 0.250. The van der Waals surface area contributed by atoms with Gasteiger partial charge in [-0.2, -0.15) is 0 Å². The molecule has 0 unspecified atom stereocenters. The van der Waals surface area contributed by atoms with Crippen molar-refractivity contribution in [3.63, 3.8) is 0 Å². The van der Waals surface area contributed by atoms with E-state index in [0.29, 0.717) is 12.4 Å². The zero-order chi connectivity index (χ0) is 13.1. The number of nitrogens with one attached hydrogen (secondary N) is 1. The van der Waals surface area contributed by atoms with Crippen LogP contribution in [0.1, 0.15) is 16.7 Å². The second kappa shape index (κ2) is 5.33. The largest absolute Gasteiger partial charge is 0.504 e. The average Bonchev–Trinajstić information content (AvgIpc) is 2.46. The highest BCUT2D eigenvalue weighted by molar-refractivity contribution is 5.38. The molecule has 2 aromatic rings. The first kappa shape index (κ1) is 12.1. The maximum atomic E-state index is 9.65. The molecule has 0 bridgehead atoms. The highest BCUT2D eigenvalue weighted by Crippen LogP contribution is 2.25. The molecule has 0 saturated heterocycles. The smallest absolute Gasteiger partial charge is 0.161 e. The summed E-state index contributed by atoms with van der Waals surface area (Å²) < 4.78 is 5.64. The normalized spacial score (nSPS) is 13.9. The average molecular weight is 255 g/mol. The molecule has 3 nitrogen and oxygen atoms in total. The van der Waals surface area contributed by atoms with Crippen LogP contribution in [0.5, 0.6) is 11.5 Å². The Hall–Kier alpha value is -2.00. The number of aromatic hydroxyl groups is 1. The zero-order valence-electron chi connectivity index (χ0n) is 10.7. The van der Waals surface area contributed by atoms with Crippen LogP contribution >= 0.6 is 0 Å². The van der Waals surface area contributed by atoms with Crippen molar-refractivity contribution in [3.8, 4) is 11.5 Å². The van der Waals surface area contributed by atoms with E-state index in [-0.39, 0.29) is 5.75 Å². The van der Waals surface area contributed by atoms with Crippen molar-refractivity contribution in [2.45, 2.75) is 19.6 Å². The maximum absolute atomic E-state index is 9.65. The van der Waals surface area contributed by atoms with Crippen LogP contribution in [-0.2, 0) is 19.6 Å². The van der Waals surface area contributed by atoms with Crippen molar-refractivity contribution in [1.29, 1.82) is 0 Å². The maximum Gasteiger partial charge on any atom is 0.161 e. The molecular formula is C16H17NO2. The summed E-state index contributed by atoms with van der Waals surface area (Å²) in [7, 11) is 0. The monoisotopic (exact) mass is 255 g/mol. The molecule has 2 aromatic carbocycles. The van der Waals surface area contributed by atoms with Crippen LogP contribution in [0.4, 0.5) is 0 Å². The standard InChI is InChI=1S/C16H17NO2/c18-15-3-1-2-4-16(15)19-11-12-5-6-13-7-8-17-10-14(13)9-12/h1-6,9,17-18H,7-8,10-11H2. The number of hydrogen-bond acceptors (Lipinski definition) is 3. The molecule has 19 heavy (non-hydrogen) atoms. The van der Waals surface area contributed by atoms with Crippen LogP contribution in [0.25, 0.3) is 0 Å². The number of ether oxygens (including phenoxy) is 1. The van der Waals surface area contributed by atoms with Crippen LogP contribution in [0, 0.1) is 0 Å². The Bertz CT molecular complexity index is 581. The van der Waals surface area contributed by atoms with Gasteiger partial charge in [0.05, 0.1) is 0 Å². The Morgan fingerprint density at radius 1 is 1.11 bits per heavy atom. The zero-order valence-corrected chi connectivity index (χ0v) is 10.7. The number of fused-ring (bicyclic) bond motifs is 1. The quantitative estimate of drug-likeness (QED) is 0.886. The van der Waals surface area contributed by atoms with Crippen LogP contribution < -0.4 is 10.1 Å². The predicted octanol–water partition coefficient (Wildman–Crippen LogP) is 2.62. The number of hydrogen-bond donors (Lipinski definition) is 2. The third-order valence-electron chi connectivity index (χ3n) is 3.42. The minimum absolute atomic E-state index is 0.183. The number of phenolic OH excluding ortho intramolecular Hbond substituents is 1. The first-order chi connectivity index (χ1) is 9.33. The Kier molecular flexibility index (Phi) is 3.38. The van der Waals surface area contributed by atoms with Crippen molar-refractivity contribution >= 4 is 0 Å². The van der Waals surface area contributed by atoms with E-state index in [4.69, 9.17) is 4.74 Å². The number of benzene rings is 2. The molecule has 3 heteroatoms. The van der Waals surface area contributed by atoms with Gasteiger partial charge in [0.1, 0.15) is 6.61 Å². The molecule has 0 aromatic heterocycles. The lowest BCUT2D eigenvalue weighted by Crippen LogP contribution is -2.23. The van der Waals surface area contributed by atoms with Crippen molar-refractivity contribution in [2.24, 2.45) is 0 Å². The second-order valence-electron chi connectivity index (χ2n) is 4.79. The van der Waals surface area contributed by atoms with Gasteiger partial charge in [-0.3, -0.25) is 0 Å². The Morgan fingerprint density at radius 2 is 2.00 bits per heavy atom. The third-order valence-corrected chi connectivity index (χ3v) is 3.42. The second-order valence-corrected chi connectivity index (χ2v) is 4.79. The SMILES string of the molecule is Oc1ccccc1OCc1ccc2c(c1)CNCC2. The van der Waals surface area contributed by atoms with E-state index >= 15 is 0 Å². The molecule has 0 amide bonds. The minimum atomic E-state index is 0.183. The summed E-state index contributed by atoms with van der Waals surface area (Å²) >= 11 is 0. The van der Waals surface area contributed by atoms with Crippen LogP contribution in [-0.4, -0.2) is 11.7 Å². The van der Waals surface area contributed by atoms with E-state index in [9.17, 15) is 5.11 Å². The van der Waals surface area contributed by atoms with Gasteiger partial charge in [-0.1, -0.05) is 30.3 Å². The van der Waals surface area contributed by atoms with Crippen LogP contribution in [0.15, 0.2) is 42.5 Å². The Labute approximate surface area is 112 Å². The van der Waals surface area contributed by atoms with Gasteiger partial charge in [-0.05, 0) is 41.8 Å². The molecule has 0 radical (unpaired) electrons. The van der Waals surface area contributed by atoms with Gasteiger partial charge in [-0.15, -0.1) is 0 Å². The number of rotatable bonds is 3. The summed E-state index contributed by atoms with van der Waals surface area (Å²) in [6.07, 6.45) is 1.09. The molecule has 0 spiro atoms. The molecule has 0 atom stereocenters. The van der Waals surface area contributed by atoms with Crippen molar-refractivity contribution in [1.82, 2.24) is 5.32 Å². The summed E-state index contributed by atoms with van der Waals surface area (Å²) in [5.41, 5.74) is 3.90. The summed E-state index contributed by atoms with van der Waals surface area (Å²) in [5, 5.41) is 13.0. The van der Waals surface area contributed by atoms with Crippen LogP contribution in [0.2, 0.25) is 0 Å².